The molecule has 3 N–H and O–H groups in total. The molecule has 1 aliphatic heterocycles. The zero-order valence-corrected chi connectivity index (χ0v) is 18.8. The third kappa shape index (κ3) is 5.51. The predicted octanol–water partition coefficient (Wildman–Crippen LogP) is 3.89. The molecule has 28 heavy (non-hydrogen) atoms. The maximum absolute atomic E-state index is 6.16. The molecule has 0 spiro atoms. The van der Waals surface area contributed by atoms with Gasteiger partial charge in [-0.3, -0.25) is 9.89 Å². The van der Waals surface area contributed by atoms with E-state index in [-0.39, 0.29) is 30.0 Å². The van der Waals surface area contributed by atoms with E-state index in [9.17, 15) is 0 Å². The average molecular weight is 496 g/mol. The minimum atomic E-state index is 0. The molecular formula is C21H29IN4O2. The molecule has 2 aromatic carbocycles. The Morgan fingerprint density at radius 3 is 2.32 bits per heavy atom. The monoisotopic (exact) mass is 496 g/mol. The normalized spacial score (nSPS) is 15.6. The molecule has 1 fully saturated rings. The number of para-hydroxylation sites is 3. The van der Waals surface area contributed by atoms with E-state index in [1.807, 2.05) is 42.5 Å². The molecule has 0 radical (unpaired) electrons. The smallest absolute Gasteiger partial charge is 0.193 e. The Morgan fingerprint density at radius 2 is 1.64 bits per heavy atom. The van der Waals surface area contributed by atoms with Crippen molar-refractivity contribution in [3.63, 3.8) is 0 Å². The van der Waals surface area contributed by atoms with Crippen LogP contribution in [0, 0.1) is 0 Å². The number of hydrogen-bond donors (Lipinski definition) is 2. The summed E-state index contributed by atoms with van der Waals surface area (Å²) < 4.78 is 10.9. The summed E-state index contributed by atoms with van der Waals surface area (Å²) in [6.45, 7) is 2.70. The van der Waals surface area contributed by atoms with E-state index in [4.69, 9.17) is 15.2 Å². The lowest BCUT2D eigenvalue weighted by Gasteiger charge is -2.28. The standard InChI is InChI=1S/C21H28N4O2.HI/c1-26-19-11-5-3-9-16(19)18(25-13-7-8-14-25)15-23-21(22)24-17-10-4-6-12-20(17)27-2;/h3-6,9-12,18H,7-8,13-15H2,1-2H3,(H3,22,23,24);1H. The Bertz CT molecular complexity index is 779. The molecular weight excluding hydrogens is 467 g/mol. The van der Waals surface area contributed by atoms with Gasteiger partial charge in [-0.15, -0.1) is 24.0 Å². The Kier molecular flexibility index (Phi) is 8.85. The van der Waals surface area contributed by atoms with E-state index in [2.05, 4.69) is 21.3 Å². The summed E-state index contributed by atoms with van der Waals surface area (Å²) in [4.78, 5) is 7.08. The molecule has 0 aliphatic carbocycles. The van der Waals surface area contributed by atoms with Gasteiger partial charge in [0.1, 0.15) is 11.5 Å². The van der Waals surface area contributed by atoms with Gasteiger partial charge in [0.15, 0.2) is 5.96 Å². The number of nitrogens with two attached hydrogens (primary N) is 1. The van der Waals surface area contributed by atoms with Crippen LogP contribution in [0.1, 0.15) is 24.4 Å². The summed E-state index contributed by atoms with van der Waals surface area (Å²) in [6.07, 6.45) is 2.43. The number of hydrogen-bond acceptors (Lipinski definition) is 4. The number of aliphatic imine (C=N–C) groups is 1. The molecule has 152 valence electrons. The van der Waals surface area contributed by atoms with Crippen LogP contribution in [0.5, 0.6) is 11.5 Å². The van der Waals surface area contributed by atoms with Crippen LogP contribution in [0.2, 0.25) is 0 Å². The van der Waals surface area contributed by atoms with Crippen molar-refractivity contribution in [1.29, 1.82) is 0 Å². The van der Waals surface area contributed by atoms with Gasteiger partial charge >= 0.3 is 0 Å². The molecule has 2 aromatic rings. The van der Waals surface area contributed by atoms with Crippen molar-refractivity contribution in [3.8, 4) is 11.5 Å². The maximum Gasteiger partial charge on any atom is 0.193 e. The first-order valence-electron chi connectivity index (χ1n) is 9.30. The van der Waals surface area contributed by atoms with Gasteiger partial charge in [0.2, 0.25) is 0 Å². The molecule has 1 unspecified atom stereocenters. The van der Waals surface area contributed by atoms with Crippen molar-refractivity contribution in [2.24, 2.45) is 10.7 Å². The lowest BCUT2D eigenvalue weighted by Crippen LogP contribution is -2.30. The molecule has 7 heteroatoms. The van der Waals surface area contributed by atoms with Crippen LogP contribution in [-0.4, -0.2) is 44.7 Å². The van der Waals surface area contributed by atoms with Gasteiger partial charge in [-0.25, -0.2) is 0 Å². The highest BCUT2D eigenvalue weighted by atomic mass is 127. The van der Waals surface area contributed by atoms with Gasteiger partial charge in [-0.2, -0.15) is 0 Å². The van der Waals surface area contributed by atoms with Crippen molar-refractivity contribution in [2.75, 3.05) is 39.2 Å². The molecule has 1 saturated heterocycles. The molecule has 1 atom stereocenters. The van der Waals surface area contributed by atoms with Gasteiger partial charge in [0.05, 0.1) is 32.5 Å². The fourth-order valence-corrected chi connectivity index (χ4v) is 3.52. The number of benzene rings is 2. The molecule has 1 aliphatic rings. The van der Waals surface area contributed by atoms with E-state index in [1.165, 1.54) is 12.8 Å². The topological polar surface area (TPSA) is 72.1 Å². The highest BCUT2D eigenvalue weighted by Crippen LogP contribution is 2.32. The zero-order valence-electron chi connectivity index (χ0n) is 16.4. The fraction of sp³-hybridized carbons (Fsp3) is 0.381. The lowest BCUT2D eigenvalue weighted by atomic mass is 10.0. The number of rotatable bonds is 7. The van der Waals surface area contributed by atoms with Crippen LogP contribution in [0.15, 0.2) is 53.5 Å². The summed E-state index contributed by atoms with van der Waals surface area (Å²) in [5.74, 6) is 2.00. The molecule has 3 rings (SSSR count). The second-order valence-corrected chi connectivity index (χ2v) is 6.55. The van der Waals surface area contributed by atoms with Gasteiger partial charge < -0.3 is 20.5 Å². The molecule has 0 amide bonds. The molecule has 1 heterocycles. The van der Waals surface area contributed by atoms with Crippen LogP contribution in [0.4, 0.5) is 5.69 Å². The van der Waals surface area contributed by atoms with Crippen molar-refractivity contribution in [2.45, 2.75) is 18.9 Å². The van der Waals surface area contributed by atoms with Crippen molar-refractivity contribution >= 4 is 35.6 Å². The van der Waals surface area contributed by atoms with Crippen molar-refractivity contribution in [1.82, 2.24) is 4.90 Å². The minimum absolute atomic E-state index is 0. The average Bonchev–Trinajstić information content (AvgIpc) is 3.23. The van der Waals surface area contributed by atoms with Crippen LogP contribution >= 0.6 is 24.0 Å². The van der Waals surface area contributed by atoms with Gasteiger partial charge in [0.25, 0.3) is 0 Å². The van der Waals surface area contributed by atoms with E-state index in [0.29, 0.717) is 12.5 Å². The molecule has 6 nitrogen and oxygen atoms in total. The van der Waals surface area contributed by atoms with E-state index < -0.39 is 0 Å². The minimum Gasteiger partial charge on any atom is -0.496 e. The summed E-state index contributed by atoms with van der Waals surface area (Å²) in [7, 11) is 3.35. The van der Waals surface area contributed by atoms with Crippen LogP contribution in [0.25, 0.3) is 0 Å². The summed E-state index contributed by atoms with van der Waals surface area (Å²) in [5.41, 5.74) is 8.11. The Balaban J connectivity index is 0.00000280. The summed E-state index contributed by atoms with van der Waals surface area (Å²) in [6, 6.07) is 15.9. The Labute approximate surface area is 184 Å². The third-order valence-corrected chi connectivity index (χ3v) is 4.88. The lowest BCUT2D eigenvalue weighted by molar-refractivity contribution is 0.245. The van der Waals surface area contributed by atoms with Crippen LogP contribution in [0.3, 0.4) is 0 Å². The number of halogens is 1. The van der Waals surface area contributed by atoms with Crippen molar-refractivity contribution < 1.29 is 9.47 Å². The van der Waals surface area contributed by atoms with Crippen molar-refractivity contribution in [3.05, 3.63) is 54.1 Å². The number of guanidine groups is 1. The Hall–Kier alpha value is -2.00. The van der Waals surface area contributed by atoms with Crippen LogP contribution < -0.4 is 20.5 Å². The zero-order chi connectivity index (χ0) is 19.1. The first-order chi connectivity index (χ1) is 13.2. The summed E-state index contributed by atoms with van der Waals surface area (Å²) in [5, 5.41) is 3.14. The van der Waals surface area contributed by atoms with E-state index >= 15 is 0 Å². The third-order valence-electron chi connectivity index (χ3n) is 4.88. The van der Waals surface area contributed by atoms with Gasteiger partial charge in [-0.05, 0) is 44.1 Å². The molecule has 0 aromatic heterocycles. The molecule has 0 saturated carbocycles. The summed E-state index contributed by atoms with van der Waals surface area (Å²) >= 11 is 0. The number of ether oxygens (including phenoxy) is 2. The molecule has 0 bridgehead atoms. The number of methoxy groups -OCH3 is 2. The largest absolute Gasteiger partial charge is 0.496 e. The van der Waals surface area contributed by atoms with E-state index in [0.717, 1.165) is 35.8 Å². The predicted molar refractivity (Wildman–Crippen MR) is 125 cm³/mol. The maximum atomic E-state index is 6.16. The Morgan fingerprint density at radius 1 is 1.04 bits per heavy atom. The second kappa shape index (κ2) is 11.1. The fourth-order valence-electron chi connectivity index (χ4n) is 3.52. The quantitative estimate of drug-likeness (QED) is 0.346. The highest BCUT2D eigenvalue weighted by molar-refractivity contribution is 14.0. The first kappa shape index (κ1) is 22.3. The van der Waals surface area contributed by atoms with E-state index in [1.54, 1.807) is 14.2 Å². The highest BCUT2D eigenvalue weighted by Gasteiger charge is 2.25. The van der Waals surface area contributed by atoms with Crippen LogP contribution in [-0.2, 0) is 0 Å². The number of anilines is 1. The number of likely N-dealkylation sites (tertiary alicyclic amines) is 1. The second-order valence-electron chi connectivity index (χ2n) is 6.55. The first-order valence-corrected chi connectivity index (χ1v) is 9.30. The van der Waals surface area contributed by atoms with Gasteiger partial charge in [0, 0.05) is 5.56 Å². The van der Waals surface area contributed by atoms with Gasteiger partial charge in [-0.1, -0.05) is 30.3 Å². The number of nitrogens with one attached hydrogen (secondary N) is 1. The number of nitrogens with zero attached hydrogens (tertiary/aromatic N) is 2. The SMILES string of the molecule is COc1ccccc1NC(N)=NCC(c1ccccc1OC)N1CCCC1.I.